The molecule has 0 saturated heterocycles. The van der Waals surface area contributed by atoms with E-state index in [2.05, 4.69) is 10.5 Å². The highest BCUT2D eigenvalue weighted by molar-refractivity contribution is 5.85. The molecule has 3 rings (SSSR count). The Morgan fingerprint density at radius 2 is 2.05 bits per heavy atom. The average Bonchev–Trinajstić information content (AvgIpc) is 2.54. The van der Waals surface area contributed by atoms with Crippen LogP contribution in [-0.4, -0.2) is 29.9 Å². The van der Waals surface area contributed by atoms with E-state index in [0.717, 1.165) is 0 Å². The SMILES string of the molecule is O=C(N/N=C/c1cccc(O)c1)C1COc2ccccc2O1. The van der Waals surface area contributed by atoms with Gasteiger partial charge in [-0.1, -0.05) is 24.3 Å². The maximum Gasteiger partial charge on any atom is 0.284 e. The van der Waals surface area contributed by atoms with E-state index in [9.17, 15) is 9.90 Å². The lowest BCUT2D eigenvalue weighted by Crippen LogP contribution is -2.42. The monoisotopic (exact) mass is 298 g/mol. The maximum absolute atomic E-state index is 12.0. The lowest BCUT2D eigenvalue weighted by Gasteiger charge is -2.24. The normalized spacial score (nSPS) is 16.5. The largest absolute Gasteiger partial charge is 0.508 e. The minimum absolute atomic E-state index is 0.129. The molecule has 1 amide bonds. The first kappa shape index (κ1) is 13.9. The molecule has 6 heteroatoms. The van der Waals surface area contributed by atoms with Crippen LogP contribution in [0.4, 0.5) is 0 Å². The third kappa shape index (κ3) is 3.17. The number of nitrogens with zero attached hydrogens (tertiary/aromatic N) is 1. The van der Waals surface area contributed by atoms with Gasteiger partial charge in [-0.25, -0.2) is 5.43 Å². The summed E-state index contributed by atoms with van der Waals surface area (Å²) in [5.41, 5.74) is 3.07. The Labute approximate surface area is 127 Å². The Kier molecular flexibility index (Phi) is 3.91. The molecule has 0 saturated carbocycles. The molecule has 1 unspecified atom stereocenters. The first-order valence-electron chi connectivity index (χ1n) is 6.73. The van der Waals surface area contributed by atoms with E-state index in [0.29, 0.717) is 17.1 Å². The molecule has 0 spiro atoms. The number of aromatic hydroxyl groups is 1. The van der Waals surface area contributed by atoms with Crippen LogP contribution in [0.25, 0.3) is 0 Å². The van der Waals surface area contributed by atoms with Gasteiger partial charge in [-0.15, -0.1) is 0 Å². The Morgan fingerprint density at radius 3 is 2.86 bits per heavy atom. The minimum Gasteiger partial charge on any atom is -0.508 e. The molecule has 1 aliphatic rings. The summed E-state index contributed by atoms with van der Waals surface area (Å²) in [6.07, 6.45) is 0.686. The van der Waals surface area contributed by atoms with Gasteiger partial charge in [-0.2, -0.15) is 5.10 Å². The Morgan fingerprint density at radius 1 is 1.23 bits per heavy atom. The molecule has 1 atom stereocenters. The number of carbonyl (C=O) groups excluding carboxylic acids is 1. The third-order valence-corrected chi connectivity index (χ3v) is 3.06. The van der Waals surface area contributed by atoms with Crippen molar-refractivity contribution in [2.45, 2.75) is 6.10 Å². The third-order valence-electron chi connectivity index (χ3n) is 3.06. The lowest BCUT2D eigenvalue weighted by atomic mass is 10.2. The summed E-state index contributed by atoms with van der Waals surface area (Å²) in [7, 11) is 0. The number of phenols is 1. The van der Waals surface area contributed by atoms with Gasteiger partial charge >= 0.3 is 0 Å². The topological polar surface area (TPSA) is 80.2 Å². The summed E-state index contributed by atoms with van der Waals surface area (Å²) in [6, 6.07) is 13.7. The van der Waals surface area contributed by atoms with Crippen molar-refractivity contribution in [2.24, 2.45) is 5.10 Å². The zero-order chi connectivity index (χ0) is 15.4. The van der Waals surface area contributed by atoms with Crippen LogP contribution in [0.5, 0.6) is 17.2 Å². The second kappa shape index (κ2) is 6.17. The molecule has 2 N–H and O–H groups in total. The molecular weight excluding hydrogens is 284 g/mol. The zero-order valence-electron chi connectivity index (χ0n) is 11.6. The molecule has 0 aromatic heterocycles. The summed E-state index contributed by atoms with van der Waals surface area (Å²) in [6.45, 7) is 0.129. The number of rotatable bonds is 3. The molecule has 0 bridgehead atoms. The molecule has 1 heterocycles. The first-order valence-corrected chi connectivity index (χ1v) is 6.73. The molecule has 0 fully saturated rings. The Bertz CT molecular complexity index is 715. The van der Waals surface area contributed by atoms with Crippen LogP contribution in [0.2, 0.25) is 0 Å². The summed E-state index contributed by atoms with van der Waals surface area (Å²) in [5, 5.41) is 13.2. The molecule has 1 aliphatic heterocycles. The van der Waals surface area contributed by atoms with Gasteiger partial charge in [0.05, 0.1) is 6.21 Å². The number of ether oxygens (including phenoxy) is 2. The number of hydrogen-bond donors (Lipinski definition) is 2. The van der Waals surface area contributed by atoms with Crippen molar-refractivity contribution in [2.75, 3.05) is 6.61 Å². The van der Waals surface area contributed by atoms with Crippen molar-refractivity contribution in [3.8, 4) is 17.2 Å². The van der Waals surface area contributed by atoms with Crippen molar-refractivity contribution in [1.82, 2.24) is 5.43 Å². The van der Waals surface area contributed by atoms with E-state index in [1.165, 1.54) is 12.3 Å². The van der Waals surface area contributed by atoms with Crippen LogP contribution in [0.3, 0.4) is 0 Å². The predicted octanol–water partition coefficient (Wildman–Crippen LogP) is 1.68. The number of phenolic OH excluding ortho intramolecular Hbond substituents is 1. The fourth-order valence-electron chi connectivity index (χ4n) is 2.00. The Hall–Kier alpha value is -3.02. The first-order chi connectivity index (χ1) is 10.7. The number of hydrogen-bond acceptors (Lipinski definition) is 5. The number of carbonyl (C=O) groups is 1. The van der Waals surface area contributed by atoms with Crippen molar-refractivity contribution in [1.29, 1.82) is 0 Å². The highest BCUT2D eigenvalue weighted by Gasteiger charge is 2.26. The van der Waals surface area contributed by atoms with Crippen LogP contribution in [-0.2, 0) is 4.79 Å². The molecule has 2 aromatic rings. The van der Waals surface area contributed by atoms with Crippen LogP contribution >= 0.6 is 0 Å². The maximum atomic E-state index is 12.0. The molecule has 6 nitrogen and oxygen atoms in total. The van der Waals surface area contributed by atoms with Gasteiger partial charge in [0.25, 0.3) is 5.91 Å². The number of hydrazone groups is 1. The molecule has 0 aliphatic carbocycles. The summed E-state index contributed by atoms with van der Waals surface area (Å²) >= 11 is 0. The van der Waals surface area contributed by atoms with E-state index in [-0.39, 0.29) is 12.4 Å². The quantitative estimate of drug-likeness (QED) is 0.667. The highest BCUT2D eigenvalue weighted by Crippen LogP contribution is 2.30. The van der Waals surface area contributed by atoms with Crippen molar-refractivity contribution < 1.29 is 19.4 Å². The smallest absolute Gasteiger partial charge is 0.284 e. The number of fused-ring (bicyclic) bond motifs is 1. The fraction of sp³-hybridized carbons (Fsp3) is 0.125. The van der Waals surface area contributed by atoms with Gasteiger partial charge in [0.2, 0.25) is 6.10 Å². The van der Waals surface area contributed by atoms with Gasteiger partial charge < -0.3 is 14.6 Å². The highest BCUT2D eigenvalue weighted by atomic mass is 16.6. The number of para-hydroxylation sites is 2. The summed E-state index contributed by atoms with van der Waals surface area (Å²) < 4.78 is 11.0. The minimum atomic E-state index is -0.753. The molecule has 22 heavy (non-hydrogen) atoms. The lowest BCUT2D eigenvalue weighted by molar-refractivity contribution is -0.130. The van der Waals surface area contributed by atoms with Crippen LogP contribution < -0.4 is 14.9 Å². The van der Waals surface area contributed by atoms with Gasteiger partial charge in [0, 0.05) is 0 Å². The van der Waals surface area contributed by atoms with Crippen molar-refractivity contribution in [3.05, 3.63) is 54.1 Å². The molecular formula is C16H14N2O4. The second-order valence-corrected chi connectivity index (χ2v) is 4.69. The number of benzene rings is 2. The van der Waals surface area contributed by atoms with E-state index in [1.54, 1.807) is 30.3 Å². The van der Waals surface area contributed by atoms with Crippen LogP contribution in [0.1, 0.15) is 5.56 Å². The average molecular weight is 298 g/mol. The van der Waals surface area contributed by atoms with E-state index >= 15 is 0 Å². The molecule has 0 radical (unpaired) electrons. The van der Waals surface area contributed by atoms with E-state index in [1.807, 2.05) is 12.1 Å². The van der Waals surface area contributed by atoms with E-state index in [4.69, 9.17) is 9.47 Å². The molecule has 112 valence electrons. The zero-order valence-corrected chi connectivity index (χ0v) is 11.6. The van der Waals surface area contributed by atoms with Gasteiger partial charge in [-0.3, -0.25) is 4.79 Å². The number of nitrogens with one attached hydrogen (secondary N) is 1. The predicted molar refractivity (Wildman–Crippen MR) is 80.2 cm³/mol. The van der Waals surface area contributed by atoms with Gasteiger partial charge in [0.15, 0.2) is 11.5 Å². The fourth-order valence-corrected chi connectivity index (χ4v) is 2.00. The van der Waals surface area contributed by atoms with Gasteiger partial charge in [-0.05, 0) is 29.8 Å². The Balaban J connectivity index is 1.59. The van der Waals surface area contributed by atoms with Crippen molar-refractivity contribution >= 4 is 12.1 Å². The summed E-state index contributed by atoms with van der Waals surface area (Å²) in [4.78, 5) is 12.0. The number of amides is 1. The standard InChI is InChI=1S/C16H14N2O4/c19-12-5-3-4-11(8-12)9-17-18-16(20)15-10-21-13-6-1-2-7-14(13)22-15/h1-9,15,19H,10H2,(H,18,20)/b17-9+. The van der Waals surface area contributed by atoms with Crippen molar-refractivity contribution in [3.63, 3.8) is 0 Å². The second-order valence-electron chi connectivity index (χ2n) is 4.69. The van der Waals surface area contributed by atoms with Crippen LogP contribution in [0, 0.1) is 0 Å². The van der Waals surface area contributed by atoms with Gasteiger partial charge in [0.1, 0.15) is 12.4 Å². The summed E-state index contributed by atoms with van der Waals surface area (Å²) in [5.74, 6) is 0.891. The van der Waals surface area contributed by atoms with E-state index < -0.39 is 12.0 Å². The molecule has 2 aromatic carbocycles. The van der Waals surface area contributed by atoms with Crippen LogP contribution in [0.15, 0.2) is 53.6 Å².